The van der Waals surface area contributed by atoms with Crippen molar-refractivity contribution in [1.29, 1.82) is 0 Å². The SMILES string of the molecule is COc1cc(C(Br)c2cc(Cl)c(OC)cc2Cl)ccc1C. The highest BCUT2D eigenvalue weighted by Crippen LogP contribution is 2.41. The molecule has 2 nitrogen and oxygen atoms in total. The van der Waals surface area contributed by atoms with Crippen molar-refractivity contribution in [3.63, 3.8) is 0 Å². The number of methoxy groups -OCH3 is 2. The Morgan fingerprint density at radius 2 is 1.62 bits per heavy atom. The second-order valence-corrected chi connectivity index (χ2v) is 6.33. The Morgan fingerprint density at radius 1 is 0.952 bits per heavy atom. The average Bonchev–Trinajstić information content (AvgIpc) is 2.49. The summed E-state index contributed by atoms with van der Waals surface area (Å²) in [5.41, 5.74) is 3.01. The second-order valence-electron chi connectivity index (χ2n) is 4.60. The van der Waals surface area contributed by atoms with Crippen LogP contribution in [0.1, 0.15) is 21.5 Å². The van der Waals surface area contributed by atoms with E-state index in [4.69, 9.17) is 32.7 Å². The summed E-state index contributed by atoms with van der Waals surface area (Å²) in [4.78, 5) is -0.0806. The van der Waals surface area contributed by atoms with Crippen molar-refractivity contribution in [3.8, 4) is 11.5 Å². The van der Waals surface area contributed by atoms with Crippen LogP contribution < -0.4 is 9.47 Å². The molecular weight excluding hydrogens is 375 g/mol. The Bertz CT molecular complexity index is 659. The lowest BCUT2D eigenvalue weighted by atomic mass is 10.0. The van der Waals surface area contributed by atoms with Gasteiger partial charge in [0.1, 0.15) is 11.5 Å². The Kier molecular flexibility index (Phi) is 5.42. The zero-order valence-electron chi connectivity index (χ0n) is 11.9. The van der Waals surface area contributed by atoms with E-state index in [0.29, 0.717) is 15.8 Å². The van der Waals surface area contributed by atoms with E-state index >= 15 is 0 Å². The molecule has 0 radical (unpaired) electrons. The van der Waals surface area contributed by atoms with E-state index in [0.717, 1.165) is 22.4 Å². The predicted molar refractivity (Wildman–Crippen MR) is 91.5 cm³/mol. The van der Waals surface area contributed by atoms with E-state index in [2.05, 4.69) is 15.9 Å². The molecule has 0 aliphatic carbocycles. The van der Waals surface area contributed by atoms with Crippen LogP contribution in [0.3, 0.4) is 0 Å². The molecule has 2 aromatic carbocycles. The maximum absolute atomic E-state index is 6.33. The summed E-state index contributed by atoms with van der Waals surface area (Å²) >= 11 is 16.2. The molecule has 2 aromatic rings. The first-order chi connectivity index (χ1) is 9.97. The van der Waals surface area contributed by atoms with Crippen LogP contribution in [0.5, 0.6) is 11.5 Å². The predicted octanol–water partition coefficient (Wildman–Crippen LogP) is 5.80. The molecule has 0 bridgehead atoms. The fraction of sp³-hybridized carbons (Fsp3) is 0.250. The molecule has 0 aliphatic heterocycles. The molecule has 112 valence electrons. The monoisotopic (exact) mass is 388 g/mol. The fourth-order valence-corrected chi connectivity index (χ4v) is 3.38. The summed E-state index contributed by atoms with van der Waals surface area (Å²) in [5, 5.41) is 1.12. The second kappa shape index (κ2) is 6.91. The number of ether oxygens (including phenoxy) is 2. The maximum atomic E-state index is 6.33. The Labute approximate surface area is 143 Å². The third kappa shape index (κ3) is 3.47. The van der Waals surface area contributed by atoms with Gasteiger partial charge in [-0.25, -0.2) is 0 Å². The summed E-state index contributed by atoms with van der Waals surface area (Å²) in [7, 11) is 3.22. The summed E-state index contributed by atoms with van der Waals surface area (Å²) in [5.74, 6) is 1.40. The van der Waals surface area contributed by atoms with E-state index in [9.17, 15) is 0 Å². The summed E-state index contributed by atoms with van der Waals surface area (Å²) in [6.45, 7) is 2.00. The highest BCUT2D eigenvalue weighted by atomic mass is 79.9. The first-order valence-corrected chi connectivity index (χ1v) is 7.96. The van der Waals surface area contributed by atoms with E-state index in [1.165, 1.54) is 0 Å². The van der Waals surface area contributed by atoms with Gasteiger partial charge in [-0.15, -0.1) is 0 Å². The van der Waals surface area contributed by atoms with Gasteiger partial charge >= 0.3 is 0 Å². The van der Waals surface area contributed by atoms with E-state index in [-0.39, 0.29) is 4.83 Å². The molecule has 1 atom stereocenters. The van der Waals surface area contributed by atoms with Crippen LogP contribution in [0.15, 0.2) is 30.3 Å². The fourth-order valence-electron chi connectivity index (χ4n) is 2.07. The van der Waals surface area contributed by atoms with Crippen molar-refractivity contribution in [3.05, 3.63) is 57.1 Å². The molecule has 0 saturated heterocycles. The van der Waals surface area contributed by atoms with Crippen molar-refractivity contribution in [2.24, 2.45) is 0 Å². The molecule has 5 heteroatoms. The van der Waals surface area contributed by atoms with Crippen LogP contribution in [-0.4, -0.2) is 14.2 Å². The molecule has 0 amide bonds. The zero-order valence-corrected chi connectivity index (χ0v) is 15.0. The third-order valence-electron chi connectivity index (χ3n) is 3.27. The number of rotatable bonds is 4. The number of aryl methyl sites for hydroxylation is 1. The largest absolute Gasteiger partial charge is 0.496 e. The van der Waals surface area contributed by atoms with Gasteiger partial charge in [0.2, 0.25) is 0 Å². The van der Waals surface area contributed by atoms with Crippen LogP contribution >= 0.6 is 39.1 Å². The lowest BCUT2D eigenvalue weighted by molar-refractivity contribution is 0.411. The standard InChI is InChI=1S/C16H15BrCl2O2/c1-9-4-5-10(6-14(9)20-2)16(17)11-7-13(19)15(21-3)8-12(11)18/h4-8,16H,1-3H3. The first-order valence-electron chi connectivity index (χ1n) is 6.29. The highest BCUT2D eigenvalue weighted by molar-refractivity contribution is 9.09. The van der Waals surface area contributed by atoms with Crippen LogP contribution in [0, 0.1) is 6.92 Å². The molecule has 1 unspecified atom stereocenters. The van der Waals surface area contributed by atoms with Gasteiger partial charge in [0, 0.05) is 11.1 Å². The van der Waals surface area contributed by atoms with Gasteiger partial charge < -0.3 is 9.47 Å². The van der Waals surface area contributed by atoms with Crippen molar-refractivity contribution >= 4 is 39.1 Å². The summed E-state index contributed by atoms with van der Waals surface area (Å²) in [6, 6.07) is 9.57. The topological polar surface area (TPSA) is 18.5 Å². The van der Waals surface area contributed by atoms with Gasteiger partial charge in [0.15, 0.2) is 0 Å². The van der Waals surface area contributed by atoms with E-state index < -0.39 is 0 Å². The van der Waals surface area contributed by atoms with Crippen molar-refractivity contribution in [2.45, 2.75) is 11.8 Å². The van der Waals surface area contributed by atoms with Crippen molar-refractivity contribution in [1.82, 2.24) is 0 Å². The average molecular weight is 390 g/mol. The molecule has 0 heterocycles. The smallest absolute Gasteiger partial charge is 0.138 e. The first kappa shape index (κ1) is 16.5. The maximum Gasteiger partial charge on any atom is 0.138 e. The van der Waals surface area contributed by atoms with Crippen LogP contribution in [0.2, 0.25) is 10.0 Å². The van der Waals surface area contributed by atoms with Gasteiger partial charge in [-0.1, -0.05) is 51.3 Å². The minimum absolute atomic E-state index is 0.0806. The minimum atomic E-state index is -0.0806. The molecule has 0 fully saturated rings. The van der Waals surface area contributed by atoms with Gasteiger partial charge in [0.05, 0.1) is 24.1 Å². The van der Waals surface area contributed by atoms with Gasteiger partial charge in [-0.3, -0.25) is 0 Å². The number of benzene rings is 2. The lowest BCUT2D eigenvalue weighted by Gasteiger charge is -2.16. The molecular formula is C16H15BrCl2O2. The third-order valence-corrected chi connectivity index (χ3v) is 4.91. The normalized spacial score (nSPS) is 12.1. The summed E-state index contributed by atoms with van der Waals surface area (Å²) in [6.07, 6.45) is 0. The Balaban J connectivity index is 2.44. The van der Waals surface area contributed by atoms with Gasteiger partial charge in [0.25, 0.3) is 0 Å². The molecule has 0 spiro atoms. The number of halogens is 3. The van der Waals surface area contributed by atoms with Crippen LogP contribution in [-0.2, 0) is 0 Å². The van der Waals surface area contributed by atoms with Crippen LogP contribution in [0.4, 0.5) is 0 Å². The molecule has 0 aromatic heterocycles. The molecule has 21 heavy (non-hydrogen) atoms. The zero-order chi connectivity index (χ0) is 15.6. The highest BCUT2D eigenvalue weighted by Gasteiger charge is 2.17. The Hall–Kier alpha value is -0.900. The van der Waals surface area contributed by atoms with Crippen molar-refractivity contribution < 1.29 is 9.47 Å². The number of hydrogen-bond acceptors (Lipinski definition) is 2. The van der Waals surface area contributed by atoms with Gasteiger partial charge in [-0.05, 0) is 35.7 Å². The minimum Gasteiger partial charge on any atom is -0.496 e. The molecule has 2 rings (SSSR count). The molecule has 0 saturated carbocycles. The van der Waals surface area contributed by atoms with E-state index in [1.807, 2.05) is 31.2 Å². The summed E-state index contributed by atoms with van der Waals surface area (Å²) < 4.78 is 10.5. The van der Waals surface area contributed by atoms with Crippen molar-refractivity contribution in [2.75, 3.05) is 14.2 Å². The molecule has 0 N–H and O–H groups in total. The van der Waals surface area contributed by atoms with Crippen LogP contribution in [0.25, 0.3) is 0 Å². The van der Waals surface area contributed by atoms with E-state index in [1.54, 1.807) is 20.3 Å². The lowest BCUT2D eigenvalue weighted by Crippen LogP contribution is -1.97. The molecule has 0 aliphatic rings. The number of hydrogen-bond donors (Lipinski definition) is 0. The van der Waals surface area contributed by atoms with Gasteiger partial charge in [-0.2, -0.15) is 0 Å². The number of alkyl halides is 1. The Morgan fingerprint density at radius 3 is 2.24 bits per heavy atom. The quantitative estimate of drug-likeness (QED) is 0.615.